The third kappa shape index (κ3) is 5.35. The van der Waals surface area contributed by atoms with Gasteiger partial charge in [-0.15, -0.1) is 0 Å². The first-order chi connectivity index (χ1) is 22.9. The van der Waals surface area contributed by atoms with E-state index in [0.29, 0.717) is 51.3 Å². The number of hydrogen-bond donors (Lipinski definition) is 1. The number of fused-ring (bicyclic) bond motifs is 2. The quantitative estimate of drug-likeness (QED) is 0.204. The van der Waals surface area contributed by atoms with Gasteiger partial charge in [-0.3, -0.25) is 4.79 Å². The highest BCUT2D eigenvalue weighted by Crippen LogP contribution is 2.44. The number of benzene rings is 4. The van der Waals surface area contributed by atoms with E-state index in [1.165, 1.54) is 11.8 Å². The number of aliphatic hydroxyl groups is 1. The normalized spacial score (nSPS) is 18.1. The summed E-state index contributed by atoms with van der Waals surface area (Å²) >= 11 is 3.79. The lowest BCUT2D eigenvalue weighted by Gasteiger charge is -2.37. The molecule has 0 radical (unpaired) electrons. The summed E-state index contributed by atoms with van der Waals surface area (Å²) in [4.78, 5) is 24.8. The number of rotatable bonds is 5. The molecule has 1 atom stereocenters. The van der Waals surface area contributed by atoms with Crippen molar-refractivity contribution in [1.29, 1.82) is 0 Å². The van der Waals surface area contributed by atoms with Gasteiger partial charge in [0.15, 0.2) is 5.76 Å². The summed E-state index contributed by atoms with van der Waals surface area (Å²) in [6, 6.07) is 33.0. The van der Waals surface area contributed by atoms with Crippen LogP contribution in [0.4, 0.5) is 11.5 Å². The Balaban J connectivity index is 1.26. The monoisotopic (exact) mass is 686 g/mol. The van der Waals surface area contributed by atoms with Crippen molar-refractivity contribution in [2.75, 3.05) is 49.6 Å². The highest BCUT2D eigenvalue weighted by Gasteiger charge is 2.37. The second-order valence-electron chi connectivity index (χ2n) is 12.7. The number of amides is 1. The van der Waals surface area contributed by atoms with Crippen LogP contribution < -0.4 is 9.80 Å². The summed E-state index contributed by atoms with van der Waals surface area (Å²) in [6.45, 7) is 3.08. The molecule has 4 heterocycles. The highest BCUT2D eigenvalue weighted by molar-refractivity contribution is 9.10. The van der Waals surface area contributed by atoms with Crippen molar-refractivity contribution in [2.45, 2.75) is 18.4 Å². The van der Waals surface area contributed by atoms with E-state index < -0.39 is 5.60 Å². The molecule has 1 unspecified atom stereocenters. The molecule has 236 valence electrons. The maximum absolute atomic E-state index is 13.1. The van der Waals surface area contributed by atoms with Crippen LogP contribution in [-0.2, 0) is 12.0 Å². The number of halogens is 1. The Morgan fingerprint density at radius 3 is 2.49 bits per heavy atom. The number of carbonyl (C=O) groups is 1. The van der Waals surface area contributed by atoms with E-state index in [9.17, 15) is 9.90 Å². The molecule has 8 heteroatoms. The Bertz CT molecular complexity index is 2110. The van der Waals surface area contributed by atoms with Gasteiger partial charge in [0, 0.05) is 73.7 Å². The van der Waals surface area contributed by atoms with E-state index in [4.69, 9.17) is 9.40 Å². The molecule has 2 aliphatic heterocycles. The van der Waals surface area contributed by atoms with Gasteiger partial charge in [0.2, 0.25) is 0 Å². The maximum Gasteiger partial charge on any atom is 0.289 e. The SMILES string of the molecule is CN1CCC(O)(c2cc(Br)cc3cc(Cc4ccccc4)c(N4CCN(C(=O)c5ccco5)CC4)nc23)c2cccc3ccc1cc23. The zero-order chi connectivity index (χ0) is 32.1. The minimum absolute atomic E-state index is 0.0903. The molecule has 6 aromatic rings. The van der Waals surface area contributed by atoms with Crippen molar-refractivity contribution in [1.82, 2.24) is 9.88 Å². The molecule has 47 heavy (non-hydrogen) atoms. The third-order valence-corrected chi connectivity index (χ3v) is 10.2. The van der Waals surface area contributed by atoms with Crippen molar-refractivity contribution < 1.29 is 14.3 Å². The number of hydrogen-bond acceptors (Lipinski definition) is 6. The van der Waals surface area contributed by atoms with Gasteiger partial charge in [0.1, 0.15) is 11.4 Å². The fourth-order valence-electron chi connectivity index (χ4n) is 7.23. The van der Waals surface area contributed by atoms with Crippen LogP contribution in [0.2, 0.25) is 0 Å². The topological polar surface area (TPSA) is 73.1 Å². The Labute approximate surface area is 282 Å². The number of carbonyl (C=O) groups excluding carboxylic acids is 1. The minimum Gasteiger partial charge on any atom is -0.459 e. The molecule has 1 amide bonds. The molecule has 0 saturated carbocycles. The first-order valence-electron chi connectivity index (χ1n) is 16.1. The average molecular weight is 688 g/mol. The van der Waals surface area contributed by atoms with E-state index in [-0.39, 0.29) is 5.91 Å². The van der Waals surface area contributed by atoms with E-state index in [1.807, 2.05) is 23.1 Å². The molecular weight excluding hydrogens is 652 g/mol. The van der Waals surface area contributed by atoms with Gasteiger partial charge in [-0.2, -0.15) is 0 Å². The van der Waals surface area contributed by atoms with Crippen molar-refractivity contribution >= 4 is 55.0 Å². The second kappa shape index (κ2) is 11.9. The molecule has 0 aliphatic carbocycles. The van der Waals surface area contributed by atoms with Crippen molar-refractivity contribution in [3.05, 3.63) is 136 Å². The van der Waals surface area contributed by atoms with Crippen LogP contribution in [0.1, 0.15) is 39.2 Å². The first-order valence-corrected chi connectivity index (χ1v) is 16.9. The van der Waals surface area contributed by atoms with Gasteiger partial charge in [0.25, 0.3) is 5.91 Å². The van der Waals surface area contributed by atoms with Crippen LogP contribution in [0.5, 0.6) is 0 Å². The molecule has 4 aromatic carbocycles. The van der Waals surface area contributed by atoms with Gasteiger partial charge in [-0.25, -0.2) is 4.98 Å². The Morgan fingerprint density at radius 2 is 1.70 bits per heavy atom. The van der Waals surface area contributed by atoms with Crippen LogP contribution in [0.15, 0.2) is 112 Å². The summed E-state index contributed by atoms with van der Waals surface area (Å²) in [5.74, 6) is 1.16. The molecule has 1 saturated heterocycles. The van der Waals surface area contributed by atoms with Gasteiger partial charge in [-0.05, 0) is 69.9 Å². The van der Waals surface area contributed by atoms with Gasteiger partial charge >= 0.3 is 0 Å². The summed E-state index contributed by atoms with van der Waals surface area (Å²) < 4.78 is 6.29. The number of anilines is 2. The van der Waals surface area contributed by atoms with Crippen LogP contribution in [0.25, 0.3) is 21.7 Å². The Kier molecular flexibility index (Phi) is 7.50. The lowest BCUT2D eigenvalue weighted by Crippen LogP contribution is -2.49. The van der Waals surface area contributed by atoms with Crippen LogP contribution in [-0.4, -0.2) is 60.7 Å². The smallest absolute Gasteiger partial charge is 0.289 e. The van der Waals surface area contributed by atoms with Crippen molar-refractivity contribution in [2.24, 2.45) is 0 Å². The molecule has 1 fully saturated rings. The number of piperazine rings is 1. The lowest BCUT2D eigenvalue weighted by molar-refractivity contribution is 0.0713. The Hall–Kier alpha value is -4.66. The predicted molar refractivity (Wildman–Crippen MR) is 190 cm³/mol. The van der Waals surface area contributed by atoms with Crippen molar-refractivity contribution in [3.63, 3.8) is 0 Å². The molecule has 2 aromatic heterocycles. The number of pyridine rings is 1. The number of aromatic nitrogens is 1. The van der Waals surface area contributed by atoms with Crippen LogP contribution in [0, 0.1) is 0 Å². The molecule has 8 rings (SSSR count). The maximum atomic E-state index is 13.1. The average Bonchev–Trinajstić information content (AvgIpc) is 3.64. The van der Waals surface area contributed by atoms with E-state index in [1.54, 1.807) is 12.1 Å². The Morgan fingerprint density at radius 1 is 0.872 bits per heavy atom. The van der Waals surface area contributed by atoms with Crippen molar-refractivity contribution in [3.8, 4) is 0 Å². The molecule has 2 bridgehead atoms. The van der Waals surface area contributed by atoms with Crippen LogP contribution in [0.3, 0.4) is 0 Å². The fourth-order valence-corrected chi connectivity index (χ4v) is 7.70. The summed E-state index contributed by atoms with van der Waals surface area (Å²) in [5, 5.41) is 16.1. The largest absolute Gasteiger partial charge is 0.459 e. The fraction of sp³-hybridized carbons (Fsp3) is 0.231. The molecule has 7 nitrogen and oxygen atoms in total. The van der Waals surface area contributed by atoms with Gasteiger partial charge < -0.3 is 24.2 Å². The van der Waals surface area contributed by atoms with E-state index >= 15 is 0 Å². The summed E-state index contributed by atoms with van der Waals surface area (Å²) in [5.41, 5.74) is 4.63. The van der Waals surface area contributed by atoms with E-state index in [0.717, 1.165) is 54.3 Å². The third-order valence-electron chi connectivity index (χ3n) is 9.78. The highest BCUT2D eigenvalue weighted by atomic mass is 79.9. The minimum atomic E-state index is -1.28. The van der Waals surface area contributed by atoms with Crippen LogP contribution >= 0.6 is 15.9 Å². The number of furan rings is 1. The van der Waals surface area contributed by atoms with E-state index in [2.05, 4.69) is 99.5 Å². The van der Waals surface area contributed by atoms with Gasteiger partial charge in [0.05, 0.1) is 11.8 Å². The first kappa shape index (κ1) is 29.7. The lowest BCUT2D eigenvalue weighted by atomic mass is 9.79. The summed E-state index contributed by atoms with van der Waals surface area (Å²) in [7, 11) is 2.08. The zero-order valence-electron chi connectivity index (χ0n) is 26.2. The molecular formula is C39H35BrN4O3. The molecule has 2 aliphatic rings. The summed E-state index contributed by atoms with van der Waals surface area (Å²) in [6.07, 6.45) is 2.76. The molecule has 1 N–H and O–H groups in total. The number of nitrogens with zero attached hydrogens (tertiary/aromatic N) is 4. The van der Waals surface area contributed by atoms with Gasteiger partial charge in [-0.1, -0.05) is 70.5 Å². The predicted octanol–water partition coefficient (Wildman–Crippen LogP) is 7.37. The zero-order valence-corrected chi connectivity index (χ0v) is 27.8. The molecule has 0 spiro atoms. The second-order valence-corrected chi connectivity index (χ2v) is 13.6. The standard InChI is InChI=1S/C39H35BrN4O3/c1-42-15-14-39(46,33-10-5-9-27-12-13-31(42)25-32(27)33)34-24-30(40)23-28-22-29(21-26-7-3-2-4-8-26)37(41-36(28)34)43-16-18-44(19-17-43)38(45)35-11-6-20-47-35/h2-13,20,22-25,46H,14-19,21H2,1H3.